The summed E-state index contributed by atoms with van der Waals surface area (Å²) in [6.07, 6.45) is 31.8. The van der Waals surface area contributed by atoms with E-state index in [2.05, 4.69) is 187 Å². The molecule has 5 aromatic carbocycles. The van der Waals surface area contributed by atoms with Crippen LogP contribution in [0, 0.1) is 11.3 Å². The molecule has 4 nitrogen and oxygen atoms in total. The zero-order valence-electron chi connectivity index (χ0n) is 34.8. The highest BCUT2D eigenvalue weighted by Gasteiger charge is 2.39. The summed E-state index contributed by atoms with van der Waals surface area (Å²) in [5.74, 6) is 0.0998. The molecule has 3 unspecified atom stereocenters. The lowest BCUT2D eigenvalue weighted by molar-refractivity contribution is 0.607. The van der Waals surface area contributed by atoms with Crippen LogP contribution in [0.25, 0.3) is 50.1 Å². The Balaban J connectivity index is 0.879. The molecule has 1 aliphatic heterocycles. The minimum atomic E-state index is -0.114. The van der Waals surface area contributed by atoms with Crippen LogP contribution in [0.5, 0.6) is 0 Å². The Morgan fingerprint density at radius 1 is 0.770 bits per heavy atom. The van der Waals surface area contributed by atoms with Gasteiger partial charge in [0.2, 0.25) is 0 Å². The average Bonchev–Trinajstić information content (AvgIpc) is 3.89. The van der Waals surface area contributed by atoms with Gasteiger partial charge in [0.15, 0.2) is 0 Å². The fraction of sp³-hybridized carbons (Fsp3) is 0.193. The van der Waals surface area contributed by atoms with E-state index in [4.69, 9.17) is 4.99 Å². The number of benzene rings is 5. The molecule has 6 aliphatic rings. The Morgan fingerprint density at radius 2 is 1.61 bits per heavy atom. The predicted molar refractivity (Wildman–Crippen MR) is 256 cm³/mol. The molecule has 6 aromatic rings. The van der Waals surface area contributed by atoms with Gasteiger partial charge < -0.3 is 14.9 Å². The van der Waals surface area contributed by atoms with E-state index in [1.165, 1.54) is 83.3 Å². The first-order chi connectivity index (χ1) is 29.9. The van der Waals surface area contributed by atoms with Crippen molar-refractivity contribution in [1.29, 1.82) is 5.41 Å². The minimum Gasteiger partial charge on any atom is -0.324 e. The number of hydrogen-bond acceptors (Lipinski definition) is 2. The van der Waals surface area contributed by atoms with Gasteiger partial charge >= 0.3 is 0 Å². The highest BCUT2D eigenvalue weighted by Crippen LogP contribution is 2.51. The lowest BCUT2D eigenvalue weighted by Crippen LogP contribution is -2.31. The number of rotatable bonds is 6. The Bertz CT molecular complexity index is 3130. The SMILES string of the molecule is CC1(C)C2=C(C=CCC2)c2ccc(C(=N)C3CC=CC=C3N=CN3c4ccc(-c5ccc6c7c(n(-c8cccc9ccccc89)c6c5)C=CCC7)cc4C4C=CC=CC43)cc21. The second kappa shape index (κ2) is 13.9. The summed E-state index contributed by atoms with van der Waals surface area (Å²) < 4.78 is 2.50. The molecule has 3 atom stereocenters. The first kappa shape index (κ1) is 36.1. The highest BCUT2D eigenvalue weighted by atomic mass is 15.2. The summed E-state index contributed by atoms with van der Waals surface area (Å²) in [5, 5.41) is 13.4. The van der Waals surface area contributed by atoms with Gasteiger partial charge in [-0.1, -0.05) is 141 Å². The van der Waals surface area contributed by atoms with Crippen molar-refractivity contribution in [2.45, 2.75) is 63.3 Å². The summed E-state index contributed by atoms with van der Waals surface area (Å²) in [7, 11) is 0. The Morgan fingerprint density at radius 3 is 2.56 bits per heavy atom. The van der Waals surface area contributed by atoms with Gasteiger partial charge in [0.25, 0.3) is 0 Å². The number of allylic oxidation sites excluding steroid dienone is 11. The van der Waals surface area contributed by atoms with Gasteiger partial charge in [-0.05, 0) is 124 Å². The molecule has 0 radical (unpaired) electrons. The lowest BCUT2D eigenvalue weighted by atomic mass is 9.77. The highest BCUT2D eigenvalue weighted by molar-refractivity contribution is 6.04. The molecular formula is C57H48N4. The molecule has 5 aliphatic carbocycles. The van der Waals surface area contributed by atoms with Gasteiger partial charge in [-0.25, -0.2) is 4.99 Å². The number of hydrogen-bond donors (Lipinski definition) is 1. The van der Waals surface area contributed by atoms with Crippen LogP contribution in [0.2, 0.25) is 0 Å². The number of anilines is 1. The number of nitrogens with one attached hydrogen (secondary N) is 1. The van der Waals surface area contributed by atoms with E-state index in [0.29, 0.717) is 5.71 Å². The Hall–Kier alpha value is -6.78. The monoisotopic (exact) mass is 788 g/mol. The van der Waals surface area contributed by atoms with Crippen LogP contribution in [0.15, 0.2) is 174 Å². The van der Waals surface area contributed by atoms with Crippen molar-refractivity contribution in [3.63, 3.8) is 0 Å². The van der Waals surface area contributed by atoms with Gasteiger partial charge in [0.05, 0.1) is 29.3 Å². The zero-order chi connectivity index (χ0) is 40.8. The maximum Gasteiger partial charge on any atom is 0.0959 e. The first-order valence-corrected chi connectivity index (χ1v) is 22.1. The van der Waals surface area contributed by atoms with Crippen molar-refractivity contribution in [3.8, 4) is 16.8 Å². The molecule has 0 saturated heterocycles. The van der Waals surface area contributed by atoms with Crippen molar-refractivity contribution < 1.29 is 0 Å². The van der Waals surface area contributed by atoms with Crippen molar-refractivity contribution in [3.05, 3.63) is 203 Å². The van der Waals surface area contributed by atoms with Crippen LogP contribution in [0.3, 0.4) is 0 Å². The first-order valence-electron chi connectivity index (χ1n) is 22.1. The fourth-order valence-electron chi connectivity index (χ4n) is 11.3. The Kier molecular flexibility index (Phi) is 8.22. The molecule has 2 heterocycles. The Labute approximate surface area is 358 Å². The molecule has 12 rings (SSSR count). The molecule has 0 saturated carbocycles. The van der Waals surface area contributed by atoms with Crippen LogP contribution in [-0.2, 0) is 11.8 Å². The molecule has 0 spiro atoms. The zero-order valence-corrected chi connectivity index (χ0v) is 34.8. The molecular weight excluding hydrogens is 741 g/mol. The average molecular weight is 789 g/mol. The maximum atomic E-state index is 9.58. The van der Waals surface area contributed by atoms with Gasteiger partial charge in [-0.15, -0.1) is 0 Å². The van der Waals surface area contributed by atoms with Crippen LogP contribution >= 0.6 is 0 Å². The lowest BCUT2D eigenvalue weighted by Gasteiger charge is -2.27. The van der Waals surface area contributed by atoms with Crippen molar-refractivity contribution in [2.75, 3.05) is 4.90 Å². The summed E-state index contributed by atoms with van der Waals surface area (Å²) in [5.41, 5.74) is 18.3. The standard InChI is InChI=1S/C57H48N4/c1-57(2)48-21-9-5-17-41(48)42-29-27-39(33-49(42)57)56(58)46-20-6-10-22-50(46)59-35-60-51-23-11-7-19-44(51)47-32-37(28-31-52(47)60)38-26-30-45-43-18-8-12-24-54(43)61(55(45)34-38)53-25-13-15-36-14-3-4-16-40(36)53/h3-7,10-17,19,22-35,44,46,51,58H,8-9,18,20-21H2,1-2H3. The quantitative estimate of drug-likeness (QED) is 0.133. The number of aliphatic imine (C=N–C) groups is 1. The summed E-state index contributed by atoms with van der Waals surface area (Å²) >= 11 is 0. The topological polar surface area (TPSA) is 44.4 Å². The third-order valence-electron chi connectivity index (χ3n) is 14.4. The van der Waals surface area contributed by atoms with Gasteiger partial charge in [-0.3, -0.25) is 0 Å². The maximum absolute atomic E-state index is 9.58. The van der Waals surface area contributed by atoms with E-state index in [1.54, 1.807) is 0 Å². The molecule has 4 heteroatoms. The summed E-state index contributed by atoms with van der Waals surface area (Å²) in [6.45, 7) is 4.71. The molecule has 0 fully saturated rings. The number of fused-ring (bicyclic) bond motifs is 9. The van der Waals surface area contributed by atoms with E-state index < -0.39 is 0 Å². The minimum absolute atomic E-state index is 0.0246. The fourth-order valence-corrected chi connectivity index (χ4v) is 11.3. The van der Waals surface area contributed by atoms with Crippen LogP contribution in [0.4, 0.5) is 5.69 Å². The molecule has 1 N–H and O–H groups in total. The summed E-state index contributed by atoms with van der Waals surface area (Å²) in [4.78, 5) is 7.58. The molecule has 1 aromatic heterocycles. The number of aryl methyl sites for hydroxylation is 1. The van der Waals surface area contributed by atoms with Gasteiger partial charge in [0, 0.05) is 45.1 Å². The molecule has 0 amide bonds. The number of nitrogens with zero attached hydrogens (tertiary/aromatic N) is 3. The van der Waals surface area contributed by atoms with E-state index in [-0.39, 0.29) is 23.3 Å². The van der Waals surface area contributed by atoms with E-state index in [9.17, 15) is 5.41 Å². The molecule has 0 bridgehead atoms. The third kappa shape index (κ3) is 5.58. The van der Waals surface area contributed by atoms with Crippen LogP contribution in [0.1, 0.15) is 79.0 Å². The van der Waals surface area contributed by atoms with Crippen molar-refractivity contribution in [2.24, 2.45) is 10.9 Å². The summed E-state index contributed by atoms with van der Waals surface area (Å²) in [6, 6.07) is 36.3. The third-order valence-corrected chi connectivity index (χ3v) is 14.4. The van der Waals surface area contributed by atoms with Crippen molar-refractivity contribution >= 4 is 51.1 Å². The largest absolute Gasteiger partial charge is 0.324 e. The molecule has 61 heavy (non-hydrogen) atoms. The van der Waals surface area contributed by atoms with Crippen LogP contribution < -0.4 is 4.90 Å². The van der Waals surface area contributed by atoms with E-state index in [0.717, 1.165) is 43.4 Å². The van der Waals surface area contributed by atoms with Gasteiger partial charge in [0.1, 0.15) is 0 Å². The van der Waals surface area contributed by atoms with E-state index in [1.807, 2.05) is 6.34 Å². The van der Waals surface area contributed by atoms with Crippen LogP contribution in [-0.4, -0.2) is 22.7 Å². The second-order valence-corrected chi connectivity index (χ2v) is 18.0. The van der Waals surface area contributed by atoms with E-state index >= 15 is 0 Å². The van der Waals surface area contributed by atoms with Crippen molar-refractivity contribution in [1.82, 2.24) is 4.57 Å². The molecule has 296 valence electrons. The normalized spacial score (nSPS) is 21.6. The second-order valence-electron chi connectivity index (χ2n) is 18.0. The predicted octanol–water partition coefficient (Wildman–Crippen LogP) is 13.8. The number of aromatic nitrogens is 1. The van der Waals surface area contributed by atoms with Gasteiger partial charge in [-0.2, -0.15) is 0 Å². The smallest absolute Gasteiger partial charge is 0.0959 e.